The van der Waals surface area contributed by atoms with Crippen LogP contribution in [0.3, 0.4) is 0 Å². The van der Waals surface area contributed by atoms with Crippen LogP contribution < -0.4 is 5.32 Å². The SMILES string of the molecule is CCN1CCN(CCNC(=O)c2ccc(/C=C3\SC4CCCCC4N(Cc4ccccc4F)C3=O)cc2)CC1. The van der Waals surface area contributed by atoms with Crippen molar-refractivity contribution in [2.45, 2.75) is 50.4 Å². The summed E-state index contributed by atoms with van der Waals surface area (Å²) in [6, 6.07) is 14.3. The molecule has 0 radical (unpaired) electrons. The van der Waals surface area contributed by atoms with Gasteiger partial charge in [-0.05, 0) is 49.2 Å². The van der Waals surface area contributed by atoms with Crippen molar-refractivity contribution < 1.29 is 14.0 Å². The number of nitrogens with zero attached hydrogens (tertiary/aromatic N) is 3. The smallest absolute Gasteiger partial charge is 0.260 e. The van der Waals surface area contributed by atoms with Gasteiger partial charge in [-0.3, -0.25) is 14.5 Å². The molecule has 2 atom stereocenters. The fourth-order valence-corrected chi connectivity index (χ4v) is 7.29. The van der Waals surface area contributed by atoms with Gasteiger partial charge in [0.05, 0.1) is 4.91 Å². The highest BCUT2D eigenvalue weighted by Crippen LogP contribution is 2.42. The fraction of sp³-hybridized carbons (Fsp3) is 0.484. The Morgan fingerprint density at radius 3 is 2.49 bits per heavy atom. The number of piperazine rings is 1. The van der Waals surface area contributed by atoms with E-state index in [-0.39, 0.29) is 30.2 Å². The molecule has 0 aromatic heterocycles. The van der Waals surface area contributed by atoms with Crippen LogP contribution >= 0.6 is 11.8 Å². The van der Waals surface area contributed by atoms with Crippen LogP contribution in [0.5, 0.6) is 0 Å². The van der Waals surface area contributed by atoms with Crippen molar-refractivity contribution in [2.24, 2.45) is 0 Å². The Morgan fingerprint density at radius 2 is 1.74 bits per heavy atom. The molecule has 0 spiro atoms. The van der Waals surface area contributed by atoms with Gasteiger partial charge >= 0.3 is 0 Å². The van der Waals surface area contributed by atoms with Crippen LogP contribution in [-0.4, -0.2) is 83.6 Å². The molecular weight excluding hydrogens is 511 g/mol. The van der Waals surface area contributed by atoms with Crippen molar-refractivity contribution in [3.63, 3.8) is 0 Å². The van der Waals surface area contributed by atoms with Gasteiger partial charge in [0.15, 0.2) is 0 Å². The number of thioether (sulfide) groups is 1. The first kappa shape index (κ1) is 27.9. The molecule has 2 heterocycles. The van der Waals surface area contributed by atoms with Gasteiger partial charge in [-0.15, -0.1) is 11.8 Å². The molecule has 1 aliphatic carbocycles. The first-order valence-electron chi connectivity index (χ1n) is 14.3. The van der Waals surface area contributed by atoms with Crippen molar-refractivity contribution in [3.05, 3.63) is 75.9 Å². The lowest BCUT2D eigenvalue weighted by atomic mass is 9.92. The maximum absolute atomic E-state index is 14.4. The molecule has 6 nitrogen and oxygen atoms in total. The van der Waals surface area contributed by atoms with E-state index in [1.165, 1.54) is 6.07 Å². The van der Waals surface area contributed by atoms with Crippen LogP contribution in [0.2, 0.25) is 0 Å². The predicted octanol–water partition coefficient (Wildman–Crippen LogP) is 4.62. The number of likely N-dealkylation sites (N-methyl/N-ethyl adjacent to an activating group) is 1. The molecule has 8 heteroatoms. The molecule has 2 amide bonds. The van der Waals surface area contributed by atoms with E-state index >= 15 is 0 Å². The predicted molar refractivity (Wildman–Crippen MR) is 156 cm³/mol. The van der Waals surface area contributed by atoms with Crippen LogP contribution in [0.1, 0.15) is 54.1 Å². The van der Waals surface area contributed by atoms with Crippen molar-refractivity contribution in [2.75, 3.05) is 45.8 Å². The number of carbonyl (C=O) groups excluding carboxylic acids is 2. The second-order valence-corrected chi connectivity index (χ2v) is 12.0. The topological polar surface area (TPSA) is 55.9 Å². The van der Waals surface area contributed by atoms with Crippen LogP contribution in [0.4, 0.5) is 4.39 Å². The molecule has 2 aliphatic heterocycles. The van der Waals surface area contributed by atoms with E-state index in [2.05, 4.69) is 22.0 Å². The molecule has 0 bridgehead atoms. The molecule has 5 rings (SSSR count). The van der Waals surface area contributed by atoms with Gasteiger partial charge in [0.1, 0.15) is 5.82 Å². The Morgan fingerprint density at radius 1 is 1.03 bits per heavy atom. The summed E-state index contributed by atoms with van der Waals surface area (Å²) in [5.41, 5.74) is 2.06. The van der Waals surface area contributed by atoms with Crippen LogP contribution in [0.15, 0.2) is 53.4 Å². The number of rotatable bonds is 8. The Bertz CT molecular complexity index is 1180. The third-order valence-electron chi connectivity index (χ3n) is 8.21. The molecule has 2 aromatic carbocycles. The van der Waals surface area contributed by atoms with E-state index in [1.807, 2.05) is 41.3 Å². The summed E-state index contributed by atoms with van der Waals surface area (Å²) in [5.74, 6) is -0.382. The molecule has 2 aromatic rings. The van der Waals surface area contributed by atoms with Crippen molar-refractivity contribution >= 4 is 29.7 Å². The number of fused-ring (bicyclic) bond motifs is 1. The Kier molecular flexibility index (Phi) is 9.37. The number of hydrogen-bond donors (Lipinski definition) is 1. The number of amides is 2. The third kappa shape index (κ3) is 6.91. The first-order valence-corrected chi connectivity index (χ1v) is 15.2. The summed E-state index contributed by atoms with van der Waals surface area (Å²) < 4.78 is 14.4. The summed E-state index contributed by atoms with van der Waals surface area (Å²) in [5, 5.41) is 3.36. The lowest BCUT2D eigenvalue weighted by Crippen LogP contribution is -2.50. The summed E-state index contributed by atoms with van der Waals surface area (Å²) >= 11 is 1.66. The van der Waals surface area contributed by atoms with Crippen molar-refractivity contribution in [1.82, 2.24) is 20.0 Å². The largest absolute Gasteiger partial charge is 0.351 e. The average Bonchev–Trinajstić information content (AvgIpc) is 2.97. The second-order valence-electron chi connectivity index (χ2n) is 10.7. The maximum atomic E-state index is 14.4. The molecule has 3 aliphatic rings. The summed E-state index contributed by atoms with van der Waals surface area (Å²) in [7, 11) is 0. The van der Waals surface area contributed by atoms with Gasteiger partial charge in [-0.25, -0.2) is 4.39 Å². The minimum Gasteiger partial charge on any atom is -0.351 e. The van der Waals surface area contributed by atoms with Gasteiger partial charge in [0, 0.05) is 68.2 Å². The van der Waals surface area contributed by atoms with Gasteiger partial charge in [-0.1, -0.05) is 50.1 Å². The Balaban J connectivity index is 1.21. The number of carbonyl (C=O) groups is 2. The highest BCUT2D eigenvalue weighted by Gasteiger charge is 2.40. The minimum absolute atomic E-state index is 0.0343. The summed E-state index contributed by atoms with van der Waals surface area (Å²) in [6.45, 7) is 9.33. The minimum atomic E-state index is -0.269. The highest BCUT2D eigenvalue weighted by molar-refractivity contribution is 8.04. The molecule has 2 saturated heterocycles. The van der Waals surface area contributed by atoms with Crippen LogP contribution in [0, 0.1) is 5.82 Å². The molecule has 1 saturated carbocycles. The van der Waals surface area contributed by atoms with Crippen LogP contribution in [-0.2, 0) is 11.3 Å². The number of halogens is 1. The van der Waals surface area contributed by atoms with E-state index < -0.39 is 0 Å². The fourth-order valence-electron chi connectivity index (χ4n) is 5.81. The molecule has 3 fully saturated rings. The van der Waals surface area contributed by atoms with E-state index in [0.29, 0.717) is 27.8 Å². The summed E-state index contributed by atoms with van der Waals surface area (Å²) in [4.78, 5) is 33.7. The zero-order valence-electron chi connectivity index (χ0n) is 22.8. The van der Waals surface area contributed by atoms with E-state index in [4.69, 9.17) is 0 Å². The van der Waals surface area contributed by atoms with E-state index in [9.17, 15) is 14.0 Å². The van der Waals surface area contributed by atoms with Gasteiger partial charge in [0.2, 0.25) is 0 Å². The normalized spacial score (nSPS) is 23.6. The van der Waals surface area contributed by atoms with E-state index in [0.717, 1.165) is 70.5 Å². The van der Waals surface area contributed by atoms with Crippen molar-refractivity contribution in [3.8, 4) is 0 Å². The molecule has 39 heavy (non-hydrogen) atoms. The van der Waals surface area contributed by atoms with E-state index in [1.54, 1.807) is 23.9 Å². The van der Waals surface area contributed by atoms with Gasteiger partial charge in [0.25, 0.3) is 11.8 Å². The molecular formula is C31H39FN4O2S. The first-order chi connectivity index (χ1) is 19.0. The lowest BCUT2D eigenvalue weighted by molar-refractivity contribution is -0.130. The van der Waals surface area contributed by atoms with Gasteiger partial charge in [-0.2, -0.15) is 0 Å². The second kappa shape index (κ2) is 13.1. The van der Waals surface area contributed by atoms with Crippen LogP contribution in [0.25, 0.3) is 6.08 Å². The monoisotopic (exact) mass is 550 g/mol. The Labute approximate surface area is 235 Å². The van der Waals surface area contributed by atoms with Crippen molar-refractivity contribution in [1.29, 1.82) is 0 Å². The zero-order chi connectivity index (χ0) is 27.2. The third-order valence-corrected chi connectivity index (χ3v) is 9.61. The highest BCUT2D eigenvalue weighted by atomic mass is 32.2. The standard InChI is InChI=1S/C31H39FN4O2S/c1-2-34-17-19-35(20-18-34)16-15-33-30(37)24-13-11-23(12-14-24)21-29-31(38)36(22-25-7-3-4-8-26(25)32)27-9-5-6-10-28(27)39-29/h3-4,7-8,11-14,21,27-28H,2,5-6,9-10,15-20,22H2,1H3,(H,33,37)/b29-21-. The zero-order valence-corrected chi connectivity index (χ0v) is 23.6. The summed E-state index contributed by atoms with van der Waals surface area (Å²) in [6.07, 6.45) is 6.19. The number of benzene rings is 2. The Hall–Kier alpha value is -2.68. The number of nitrogens with one attached hydrogen (secondary N) is 1. The quantitative estimate of drug-likeness (QED) is 0.486. The number of hydrogen-bond acceptors (Lipinski definition) is 5. The maximum Gasteiger partial charge on any atom is 0.260 e. The molecule has 2 unspecified atom stereocenters. The molecule has 1 N–H and O–H groups in total. The van der Waals surface area contributed by atoms with Gasteiger partial charge < -0.3 is 15.1 Å². The molecule has 208 valence electrons. The lowest BCUT2D eigenvalue weighted by Gasteiger charge is -2.44. The average molecular weight is 551 g/mol.